The lowest BCUT2D eigenvalue weighted by Crippen LogP contribution is -3.00. The average Bonchev–Trinajstić information content (AvgIpc) is 3.11. The average molecular weight is 813 g/mol. The zero-order valence-electron chi connectivity index (χ0n) is 34.0. The molecule has 4 nitrogen and oxygen atoms in total. The molecule has 0 aromatic heterocycles. The maximum atomic E-state index is 12.8. The number of nitrogens with one attached hydrogen (secondary N) is 1. The third-order valence-electron chi connectivity index (χ3n) is 10.9. The number of halogens is 1. The Hall–Kier alpha value is -0.820. The van der Waals surface area contributed by atoms with Gasteiger partial charge in [0, 0.05) is 5.56 Å². The Kier molecular flexibility index (Phi) is 35.9. The van der Waals surface area contributed by atoms with E-state index in [1.807, 2.05) is 24.3 Å². The predicted molar refractivity (Wildman–Crippen MR) is 216 cm³/mol. The second-order valence-corrected chi connectivity index (χ2v) is 15.7. The molecule has 0 heterocycles. The van der Waals surface area contributed by atoms with Crippen molar-refractivity contribution in [2.24, 2.45) is 0 Å². The van der Waals surface area contributed by atoms with Crippen LogP contribution in [-0.2, 0) is 0 Å². The topological polar surface area (TPSA) is 38.3 Å². The van der Waals surface area contributed by atoms with Gasteiger partial charge in [0.1, 0.15) is 5.75 Å². The Morgan fingerprint density at radius 1 is 0.500 bits per heavy atom. The molecule has 0 radical (unpaired) electrons. The molecule has 0 aliphatic rings. The molecule has 0 spiro atoms. The van der Waals surface area contributed by atoms with E-state index >= 15 is 0 Å². The summed E-state index contributed by atoms with van der Waals surface area (Å²) in [4.78, 5) is 12.8. The number of carbonyl (C=O) groups is 1. The van der Waals surface area contributed by atoms with Gasteiger partial charge in [-0.25, -0.2) is 0 Å². The zero-order valence-corrected chi connectivity index (χ0v) is 36.2. The highest BCUT2D eigenvalue weighted by molar-refractivity contribution is 5.94. The Balaban J connectivity index is 0.0000240. The lowest BCUT2D eigenvalue weighted by atomic mass is 10.0. The van der Waals surface area contributed by atoms with Gasteiger partial charge >= 0.3 is 0 Å². The van der Waals surface area contributed by atoms with Crippen LogP contribution in [0.25, 0.3) is 0 Å². The van der Waals surface area contributed by atoms with Crippen LogP contribution in [-0.4, -0.2) is 50.7 Å². The van der Waals surface area contributed by atoms with Crippen molar-refractivity contribution in [3.63, 3.8) is 0 Å². The molecule has 50 heavy (non-hydrogen) atoms. The van der Waals surface area contributed by atoms with Crippen LogP contribution in [0.1, 0.15) is 217 Å². The van der Waals surface area contributed by atoms with Crippen LogP contribution in [0, 0.1) is 0 Å². The number of hydrogen-bond acceptors (Lipinski definition) is 2. The van der Waals surface area contributed by atoms with Crippen LogP contribution in [0.3, 0.4) is 0 Å². The molecule has 1 aromatic carbocycles. The van der Waals surface area contributed by atoms with E-state index in [4.69, 9.17) is 4.74 Å². The summed E-state index contributed by atoms with van der Waals surface area (Å²) in [7, 11) is 4.10. The first-order valence-corrected chi connectivity index (χ1v) is 21.8. The third-order valence-corrected chi connectivity index (χ3v) is 10.9. The van der Waals surface area contributed by atoms with E-state index < -0.39 is 0 Å². The Bertz CT molecular complexity index is 812. The highest BCUT2D eigenvalue weighted by atomic mass is 127. The third kappa shape index (κ3) is 29.7. The van der Waals surface area contributed by atoms with E-state index in [9.17, 15) is 4.79 Å². The molecule has 0 bridgehead atoms. The van der Waals surface area contributed by atoms with E-state index in [2.05, 4.69) is 26.2 Å². The van der Waals surface area contributed by atoms with Crippen LogP contribution >= 0.6 is 0 Å². The molecular formula is C45H85IN2O2. The van der Waals surface area contributed by atoms with Crippen LogP contribution in [0.4, 0.5) is 0 Å². The van der Waals surface area contributed by atoms with E-state index in [-0.39, 0.29) is 29.9 Å². The number of carbonyl (C=O) groups excluding carboxylic acids is 1. The van der Waals surface area contributed by atoms with E-state index in [0.717, 1.165) is 23.3 Å². The number of unbranched alkanes of at least 4 members (excludes halogenated alkanes) is 28. The largest absolute Gasteiger partial charge is 1.00 e. The van der Waals surface area contributed by atoms with Crippen molar-refractivity contribution in [3.05, 3.63) is 29.8 Å². The van der Waals surface area contributed by atoms with Gasteiger partial charge in [0.05, 0.1) is 40.3 Å². The SMILES string of the molecule is CCCCCCCCCCCCCCCCC[N+](C)(CCCCCCCCCCCCCCCCC)CCNC(=O)c1ccc(OC)cc1.[I-]. The van der Waals surface area contributed by atoms with Gasteiger partial charge in [0.25, 0.3) is 5.91 Å². The highest BCUT2D eigenvalue weighted by Crippen LogP contribution is 2.17. The van der Waals surface area contributed by atoms with E-state index in [1.165, 1.54) is 206 Å². The van der Waals surface area contributed by atoms with Gasteiger partial charge < -0.3 is 38.5 Å². The summed E-state index contributed by atoms with van der Waals surface area (Å²) >= 11 is 0. The van der Waals surface area contributed by atoms with Gasteiger partial charge in [-0.3, -0.25) is 4.79 Å². The maximum Gasteiger partial charge on any atom is 0.251 e. The van der Waals surface area contributed by atoms with Gasteiger partial charge in [-0.15, -0.1) is 0 Å². The van der Waals surface area contributed by atoms with Crippen LogP contribution < -0.4 is 34.0 Å². The van der Waals surface area contributed by atoms with Crippen LogP contribution in [0.15, 0.2) is 24.3 Å². The number of ether oxygens (including phenoxy) is 1. The number of quaternary nitrogens is 1. The number of benzene rings is 1. The quantitative estimate of drug-likeness (QED) is 0.0413. The minimum Gasteiger partial charge on any atom is -1.00 e. The predicted octanol–water partition coefficient (Wildman–Crippen LogP) is 10.6. The molecule has 294 valence electrons. The second-order valence-electron chi connectivity index (χ2n) is 15.7. The number of methoxy groups -OCH3 is 1. The smallest absolute Gasteiger partial charge is 0.251 e. The van der Waals surface area contributed by atoms with Crippen molar-refractivity contribution in [1.29, 1.82) is 0 Å². The Labute approximate surface area is 330 Å². The van der Waals surface area contributed by atoms with Crippen molar-refractivity contribution in [2.75, 3.05) is 40.3 Å². The number of amides is 1. The summed E-state index contributed by atoms with van der Waals surface area (Å²) in [6.45, 7) is 8.81. The molecule has 1 aromatic rings. The summed E-state index contributed by atoms with van der Waals surface area (Å²) in [6.07, 6.45) is 42.3. The normalized spacial score (nSPS) is 11.4. The van der Waals surface area contributed by atoms with Crippen molar-refractivity contribution in [2.45, 2.75) is 206 Å². The first-order chi connectivity index (χ1) is 24.0. The molecule has 1 amide bonds. The van der Waals surface area contributed by atoms with Gasteiger partial charge in [0.15, 0.2) is 0 Å². The summed E-state index contributed by atoms with van der Waals surface area (Å²) in [5.74, 6) is 0.806. The first kappa shape index (κ1) is 49.2. The molecular weight excluding hydrogens is 727 g/mol. The molecule has 1 rings (SSSR count). The molecule has 1 N–H and O–H groups in total. The molecule has 0 aliphatic heterocycles. The number of rotatable bonds is 37. The van der Waals surface area contributed by atoms with Crippen molar-refractivity contribution in [3.8, 4) is 5.75 Å². The summed E-state index contributed by atoms with van der Waals surface area (Å²) in [5, 5.41) is 3.20. The van der Waals surface area contributed by atoms with Gasteiger partial charge in [-0.1, -0.05) is 181 Å². The minimum atomic E-state index is 0. The minimum absolute atomic E-state index is 0. The van der Waals surface area contributed by atoms with Gasteiger partial charge in [-0.05, 0) is 49.9 Å². The lowest BCUT2D eigenvalue weighted by molar-refractivity contribution is -0.908. The fourth-order valence-corrected chi connectivity index (χ4v) is 7.35. The molecule has 0 fully saturated rings. The second kappa shape index (κ2) is 36.5. The molecule has 0 atom stereocenters. The standard InChI is InChI=1S/C45H84N2O2.HI/c1-5-7-9-11-13-15-17-19-21-23-25-27-29-31-33-40-47(3,42-39-46-45(48)43-35-37-44(49-4)38-36-43)41-34-32-30-28-26-24-22-20-18-16-14-12-10-8-6-2;/h35-38H,5-34,39-42H2,1-4H3;1H. The molecule has 0 aliphatic carbocycles. The number of hydrogen-bond donors (Lipinski definition) is 1. The fraction of sp³-hybridized carbons (Fsp3) is 0.844. The Morgan fingerprint density at radius 3 is 1.10 bits per heavy atom. The monoisotopic (exact) mass is 813 g/mol. The van der Waals surface area contributed by atoms with Gasteiger partial charge in [0.2, 0.25) is 0 Å². The Morgan fingerprint density at radius 2 is 0.800 bits per heavy atom. The van der Waals surface area contributed by atoms with Crippen molar-refractivity contribution in [1.82, 2.24) is 5.32 Å². The molecule has 0 saturated heterocycles. The number of likely N-dealkylation sites (N-methyl/N-ethyl adjacent to an activating group) is 1. The lowest BCUT2D eigenvalue weighted by Gasteiger charge is -2.35. The zero-order chi connectivity index (χ0) is 35.5. The summed E-state index contributed by atoms with van der Waals surface area (Å²) in [6, 6.07) is 7.44. The fourth-order valence-electron chi connectivity index (χ4n) is 7.35. The van der Waals surface area contributed by atoms with E-state index in [0.29, 0.717) is 5.56 Å². The molecule has 0 unspecified atom stereocenters. The van der Waals surface area contributed by atoms with Gasteiger partial charge in [-0.2, -0.15) is 0 Å². The first-order valence-electron chi connectivity index (χ1n) is 21.8. The highest BCUT2D eigenvalue weighted by Gasteiger charge is 2.21. The molecule has 5 heteroatoms. The number of nitrogens with zero attached hydrogens (tertiary/aromatic N) is 1. The van der Waals surface area contributed by atoms with Crippen LogP contribution in [0.5, 0.6) is 5.75 Å². The van der Waals surface area contributed by atoms with Crippen LogP contribution in [0.2, 0.25) is 0 Å². The van der Waals surface area contributed by atoms with Crippen molar-refractivity contribution >= 4 is 5.91 Å². The van der Waals surface area contributed by atoms with E-state index in [1.54, 1.807) is 7.11 Å². The summed E-state index contributed by atoms with van der Waals surface area (Å²) < 4.78 is 6.33. The maximum absolute atomic E-state index is 12.8. The van der Waals surface area contributed by atoms with Crippen molar-refractivity contribution < 1.29 is 38.0 Å². The molecule has 0 saturated carbocycles. The summed E-state index contributed by atoms with van der Waals surface area (Å²) in [5.41, 5.74) is 0.708.